The second-order valence-electron chi connectivity index (χ2n) is 7.23. The second kappa shape index (κ2) is 16.3. The summed E-state index contributed by atoms with van der Waals surface area (Å²) in [4.78, 5) is 30.2. The van der Waals surface area contributed by atoms with Crippen molar-refractivity contribution in [3.05, 3.63) is 94.8 Å². The Kier molecular flexibility index (Phi) is 13.0. The van der Waals surface area contributed by atoms with Crippen LogP contribution in [-0.2, 0) is 32.3 Å². The largest absolute Gasteiger partial charge is 0.459 e. The van der Waals surface area contributed by atoms with Crippen LogP contribution in [0.25, 0.3) is 4.85 Å². The van der Waals surface area contributed by atoms with Crippen LogP contribution in [0.15, 0.2) is 72.2 Å². The molecule has 0 amide bonds. The summed E-state index contributed by atoms with van der Waals surface area (Å²) in [6.45, 7) is 6.84. The number of ether oxygens (including phenoxy) is 2. The number of likely N-dealkylation sites (N-methyl/N-ethyl adjacent to an activating group) is 2. The van der Waals surface area contributed by atoms with Gasteiger partial charge >= 0.3 is 11.9 Å². The van der Waals surface area contributed by atoms with Gasteiger partial charge in [-0.2, -0.15) is 10.5 Å². The highest BCUT2D eigenvalue weighted by molar-refractivity contribution is 5.72. The van der Waals surface area contributed by atoms with Crippen molar-refractivity contribution in [3.8, 4) is 18.2 Å². The molecule has 0 unspecified atom stereocenters. The van der Waals surface area contributed by atoms with Crippen molar-refractivity contribution >= 4 is 11.9 Å². The Morgan fingerprint density at radius 2 is 1.42 bits per heavy atom. The molecule has 0 spiro atoms. The van der Waals surface area contributed by atoms with E-state index in [-0.39, 0.29) is 37.6 Å². The van der Waals surface area contributed by atoms with E-state index in [1.165, 1.54) is 24.3 Å². The molecule has 0 bridgehead atoms. The number of nitrogens with zero attached hydrogens (tertiary/aromatic N) is 6. The zero-order chi connectivity index (χ0) is 26.8. The highest BCUT2D eigenvalue weighted by atomic mass is 16.5. The quantitative estimate of drug-likeness (QED) is 0.190. The highest BCUT2D eigenvalue weighted by Gasteiger charge is 2.08. The molecule has 0 heterocycles. The van der Waals surface area contributed by atoms with E-state index in [0.717, 1.165) is 11.1 Å². The lowest BCUT2D eigenvalue weighted by Crippen LogP contribution is -2.23. The van der Waals surface area contributed by atoms with Crippen molar-refractivity contribution in [1.29, 1.82) is 15.8 Å². The summed E-state index contributed by atoms with van der Waals surface area (Å²) >= 11 is 0. The zero-order valence-electron chi connectivity index (χ0n) is 19.9. The first-order chi connectivity index (χ1) is 17.3. The number of carbonyl (C=O) groups is 2. The summed E-state index contributed by atoms with van der Waals surface area (Å²) < 4.78 is 10.5. The molecule has 10 nitrogen and oxygen atoms in total. The van der Waals surface area contributed by atoms with E-state index in [0.29, 0.717) is 0 Å². The molecule has 1 aromatic carbocycles. The van der Waals surface area contributed by atoms with Crippen molar-refractivity contribution in [2.24, 2.45) is 0 Å². The van der Waals surface area contributed by atoms with Gasteiger partial charge in [0.2, 0.25) is 0 Å². The Morgan fingerprint density at radius 3 is 1.86 bits per heavy atom. The molecule has 0 N–H and O–H groups in total. The number of benzene rings is 1. The maximum atomic E-state index is 12.1. The fourth-order valence-electron chi connectivity index (χ4n) is 2.51. The molecular formula is C26H24N6O4. The van der Waals surface area contributed by atoms with E-state index in [9.17, 15) is 9.59 Å². The zero-order valence-corrected chi connectivity index (χ0v) is 19.9. The minimum atomic E-state index is -0.465. The van der Waals surface area contributed by atoms with Gasteiger partial charge in [0.15, 0.2) is 0 Å². The Bertz CT molecular complexity index is 1100. The molecule has 36 heavy (non-hydrogen) atoms. The molecule has 0 aliphatic heterocycles. The summed E-state index contributed by atoms with van der Waals surface area (Å²) in [5.41, 5.74) is 1.35. The van der Waals surface area contributed by atoms with Gasteiger partial charge in [0.25, 0.3) is 5.70 Å². The molecule has 0 aliphatic rings. The van der Waals surface area contributed by atoms with Gasteiger partial charge in [-0.25, -0.2) is 10.1 Å². The smallest absolute Gasteiger partial charge is 0.325 e. The van der Waals surface area contributed by atoms with Crippen molar-refractivity contribution in [2.75, 3.05) is 27.2 Å². The summed E-state index contributed by atoms with van der Waals surface area (Å²) in [7, 11) is 3.31. The van der Waals surface area contributed by atoms with E-state index >= 15 is 0 Å². The number of allylic oxidation sites excluding steroid dienone is 6. The maximum absolute atomic E-state index is 12.1. The Morgan fingerprint density at radius 1 is 0.917 bits per heavy atom. The number of carbonyl (C=O) groups excluding carboxylic acids is 2. The fourth-order valence-corrected chi connectivity index (χ4v) is 2.51. The molecule has 0 saturated carbocycles. The number of nitriles is 3. The standard InChI is InChI=1S/C26H24N6O4/c1-30-24(16-29)10-6-12-32(3)18-26(34)36-20-22-8-4-7-21(13-22)19-35-25(33)17-31(2)11-5-9-23(14-27)15-28/h4-13H,17-20H2,2-3H3/b11-5+,12-6+,24-10+. The van der Waals surface area contributed by atoms with Gasteiger partial charge in [0.1, 0.15) is 44.0 Å². The van der Waals surface area contributed by atoms with Crippen LogP contribution in [0, 0.1) is 40.6 Å². The number of hydrogen-bond donors (Lipinski definition) is 0. The normalized spacial score (nSPS) is 10.4. The molecular weight excluding hydrogens is 460 g/mol. The summed E-state index contributed by atoms with van der Waals surface area (Å²) in [5.74, 6) is -0.927. The minimum Gasteiger partial charge on any atom is -0.459 e. The van der Waals surface area contributed by atoms with Gasteiger partial charge in [-0.1, -0.05) is 24.3 Å². The number of rotatable bonds is 12. The Hall–Kier alpha value is -5.32. The molecule has 0 aromatic heterocycles. The van der Waals surface area contributed by atoms with Crippen LogP contribution in [0.1, 0.15) is 11.1 Å². The van der Waals surface area contributed by atoms with Crippen LogP contribution in [0.5, 0.6) is 0 Å². The van der Waals surface area contributed by atoms with E-state index in [2.05, 4.69) is 4.85 Å². The van der Waals surface area contributed by atoms with Crippen molar-refractivity contribution < 1.29 is 19.1 Å². The lowest BCUT2D eigenvalue weighted by Gasteiger charge is -2.14. The van der Waals surface area contributed by atoms with Crippen LogP contribution in [0.3, 0.4) is 0 Å². The molecule has 0 aliphatic carbocycles. The van der Waals surface area contributed by atoms with E-state index in [1.54, 1.807) is 78.8 Å². The van der Waals surface area contributed by atoms with Gasteiger partial charge in [-0.3, -0.25) is 9.59 Å². The maximum Gasteiger partial charge on any atom is 0.325 e. The summed E-state index contributed by atoms with van der Waals surface area (Å²) in [6.07, 6.45) is 8.78. The van der Waals surface area contributed by atoms with Gasteiger partial charge < -0.3 is 19.3 Å². The molecule has 10 heteroatoms. The molecule has 1 aromatic rings. The fraction of sp³-hybridized carbons (Fsp3) is 0.231. The third-order valence-electron chi connectivity index (χ3n) is 4.22. The summed E-state index contributed by atoms with van der Waals surface area (Å²) in [6, 6.07) is 12.3. The average molecular weight is 485 g/mol. The van der Waals surface area contributed by atoms with Crippen LogP contribution in [-0.4, -0.2) is 48.9 Å². The van der Waals surface area contributed by atoms with E-state index in [1.807, 2.05) is 0 Å². The number of hydrogen-bond acceptors (Lipinski definition) is 9. The topological polar surface area (TPSA) is 135 Å². The average Bonchev–Trinajstić information content (AvgIpc) is 2.87. The van der Waals surface area contributed by atoms with Crippen LogP contribution in [0.2, 0.25) is 0 Å². The lowest BCUT2D eigenvalue weighted by atomic mass is 10.1. The van der Waals surface area contributed by atoms with Crippen LogP contribution in [0.4, 0.5) is 0 Å². The first kappa shape index (κ1) is 28.7. The third kappa shape index (κ3) is 12.1. The van der Waals surface area contributed by atoms with Crippen LogP contribution < -0.4 is 0 Å². The monoisotopic (exact) mass is 484 g/mol. The molecule has 0 fully saturated rings. The van der Waals surface area contributed by atoms with Crippen molar-refractivity contribution in [3.63, 3.8) is 0 Å². The van der Waals surface area contributed by atoms with Gasteiger partial charge in [0.05, 0.1) is 12.6 Å². The van der Waals surface area contributed by atoms with Gasteiger partial charge in [0, 0.05) is 14.1 Å². The highest BCUT2D eigenvalue weighted by Crippen LogP contribution is 2.09. The number of esters is 2. The lowest BCUT2D eigenvalue weighted by molar-refractivity contribution is -0.146. The van der Waals surface area contributed by atoms with Gasteiger partial charge in [-0.15, -0.1) is 0 Å². The molecule has 182 valence electrons. The van der Waals surface area contributed by atoms with Crippen molar-refractivity contribution in [1.82, 2.24) is 9.80 Å². The first-order valence-electron chi connectivity index (χ1n) is 10.5. The van der Waals surface area contributed by atoms with Crippen molar-refractivity contribution in [2.45, 2.75) is 13.2 Å². The van der Waals surface area contributed by atoms with Crippen LogP contribution >= 0.6 is 0 Å². The predicted octanol–water partition coefficient (Wildman–Crippen LogP) is 2.96. The predicted molar refractivity (Wildman–Crippen MR) is 129 cm³/mol. The molecule has 0 radical (unpaired) electrons. The minimum absolute atomic E-state index is 0.0202. The summed E-state index contributed by atoms with van der Waals surface area (Å²) in [5, 5.41) is 26.0. The van der Waals surface area contributed by atoms with E-state index in [4.69, 9.17) is 31.8 Å². The molecule has 1 rings (SSSR count). The SMILES string of the molecule is [C-]#[N+]/C(C#N)=C/C=C/N(C)CC(=O)OCc1cccc(COC(=O)CN(C)/C=C/C=C(C#N)C#N)c1. The molecule has 0 saturated heterocycles. The first-order valence-corrected chi connectivity index (χ1v) is 10.5. The second-order valence-corrected chi connectivity index (χ2v) is 7.23. The Labute approximate surface area is 210 Å². The van der Waals surface area contributed by atoms with E-state index < -0.39 is 11.9 Å². The molecule has 0 atom stereocenters. The Balaban J connectivity index is 2.49. The third-order valence-corrected chi connectivity index (χ3v) is 4.22. The van der Waals surface area contributed by atoms with Gasteiger partial charge in [-0.05, 0) is 47.8 Å².